The lowest BCUT2D eigenvalue weighted by atomic mass is 9.95. The molecule has 166 valence electrons. The highest BCUT2D eigenvalue weighted by molar-refractivity contribution is 6.05. The van der Waals surface area contributed by atoms with Crippen LogP contribution in [-0.4, -0.2) is 23.5 Å². The lowest BCUT2D eigenvalue weighted by Gasteiger charge is -2.13. The van der Waals surface area contributed by atoms with E-state index in [1.54, 1.807) is 18.2 Å². The van der Waals surface area contributed by atoms with Crippen LogP contribution < -0.4 is 11.1 Å². The molecular weight excluding hydrogens is 409 g/mol. The summed E-state index contributed by atoms with van der Waals surface area (Å²) in [6.45, 7) is 4.62. The van der Waals surface area contributed by atoms with Crippen molar-refractivity contribution in [3.63, 3.8) is 0 Å². The molecule has 7 heteroatoms. The van der Waals surface area contributed by atoms with Crippen molar-refractivity contribution >= 4 is 17.6 Å². The van der Waals surface area contributed by atoms with Gasteiger partial charge in [0, 0.05) is 18.3 Å². The van der Waals surface area contributed by atoms with Crippen molar-refractivity contribution in [1.82, 2.24) is 4.98 Å². The average Bonchev–Trinajstić information content (AvgIpc) is 2.79. The van der Waals surface area contributed by atoms with Crippen molar-refractivity contribution in [1.29, 1.82) is 0 Å². The molecule has 3 aromatic rings. The van der Waals surface area contributed by atoms with Gasteiger partial charge in [-0.1, -0.05) is 44.2 Å². The number of aromatic nitrogens is 1. The standard InChI is InChI=1S/C25H26FN3O3/c1-16(2)15-32-24(30)11-17-4-3-5-18(10-17)21-12-19(6-7-20(21)13-27)25(31)29-23-8-9-28-14-22(23)26/h3-10,12,14,16H,11,13,15,27H2,1-2H3,(H,28,29,31). The van der Waals surface area contributed by atoms with Crippen molar-refractivity contribution in [2.45, 2.75) is 26.8 Å². The maximum Gasteiger partial charge on any atom is 0.310 e. The number of ether oxygens (including phenoxy) is 1. The Morgan fingerprint density at radius 3 is 2.69 bits per heavy atom. The van der Waals surface area contributed by atoms with Crippen LogP contribution in [0.2, 0.25) is 0 Å². The average molecular weight is 435 g/mol. The van der Waals surface area contributed by atoms with Gasteiger partial charge in [0.15, 0.2) is 5.82 Å². The third-order valence-electron chi connectivity index (χ3n) is 4.78. The highest BCUT2D eigenvalue weighted by Gasteiger charge is 2.14. The second-order valence-corrected chi connectivity index (χ2v) is 7.84. The minimum Gasteiger partial charge on any atom is -0.465 e. The molecular formula is C25H26FN3O3. The number of pyridine rings is 1. The van der Waals surface area contributed by atoms with Gasteiger partial charge in [0.1, 0.15) is 0 Å². The smallest absolute Gasteiger partial charge is 0.310 e. The van der Waals surface area contributed by atoms with Crippen LogP contribution in [0.15, 0.2) is 60.9 Å². The molecule has 2 aromatic carbocycles. The topological polar surface area (TPSA) is 94.3 Å². The van der Waals surface area contributed by atoms with Gasteiger partial charge in [0.25, 0.3) is 5.91 Å². The number of nitrogens with one attached hydrogen (secondary N) is 1. The van der Waals surface area contributed by atoms with Crippen LogP contribution in [0.5, 0.6) is 0 Å². The van der Waals surface area contributed by atoms with E-state index in [0.717, 1.165) is 28.5 Å². The molecule has 3 N–H and O–H groups in total. The Labute approximate surface area is 186 Å². The molecule has 0 atom stereocenters. The predicted octanol–water partition coefficient (Wildman–Crippen LogP) is 4.34. The van der Waals surface area contributed by atoms with Crippen molar-refractivity contribution in [2.75, 3.05) is 11.9 Å². The Bertz CT molecular complexity index is 1120. The maximum atomic E-state index is 13.8. The Morgan fingerprint density at radius 1 is 1.16 bits per heavy atom. The van der Waals surface area contributed by atoms with Crippen LogP contribution in [-0.2, 0) is 22.5 Å². The second-order valence-electron chi connectivity index (χ2n) is 7.84. The summed E-state index contributed by atoms with van der Waals surface area (Å²) in [5.41, 5.74) is 9.56. The summed E-state index contributed by atoms with van der Waals surface area (Å²) in [5.74, 6) is -1.08. The maximum absolute atomic E-state index is 13.8. The zero-order valence-electron chi connectivity index (χ0n) is 18.1. The Kier molecular flexibility index (Phi) is 7.68. The molecule has 0 unspecified atom stereocenters. The quantitative estimate of drug-likeness (QED) is 0.513. The zero-order chi connectivity index (χ0) is 23.1. The zero-order valence-corrected chi connectivity index (χ0v) is 18.1. The first-order valence-electron chi connectivity index (χ1n) is 10.4. The largest absolute Gasteiger partial charge is 0.465 e. The molecule has 1 heterocycles. The van der Waals surface area contributed by atoms with Gasteiger partial charge in [-0.2, -0.15) is 0 Å². The number of carbonyl (C=O) groups is 2. The van der Waals surface area contributed by atoms with Gasteiger partial charge >= 0.3 is 5.97 Å². The fourth-order valence-corrected chi connectivity index (χ4v) is 3.16. The third-order valence-corrected chi connectivity index (χ3v) is 4.78. The molecule has 6 nitrogen and oxygen atoms in total. The van der Waals surface area contributed by atoms with Gasteiger partial charge in [-0.3, -0.25) is 14.6 Å². The first kappa shape index (κ1) is 23.1. The molecule has 0 aliphatic heterocycles. The summed E-state index contributed by atoms with van der Waals surface area (Å²) in [4.78, 5) is 28.5. The number of esters is 1. The predicted molar refractivity (Wildman–Crippen MR) is 121 cm³/mol. The molecule has 1 aromatic heterocycles. The molecule has 0 spiro atoms. The highest BCUT2D eigenvalue weighted by atomic mass is 19.1. The summed E-state index contributed by atoms with van der Waals surface area (Å²) in [6.07, 6.45) is 2.59. The lowest BCUT2D eigenvalue weighted by Crippen LogP contribution is -2.14. The van der Waals surface area contributed by atoms with E-state index in [4.69, 9.17) is 10.5 Å². The number of halogens is 1. The van der Waals surface area contributed by atoms with Gasteiger partial charge in [0.05, 0.1) is 24.9 Å². The molecule has 0 saturated carbocycles. The van der Waals surface area contributed by atoms with E-state index in [-0.39, 0.29) is 30.5 Å². The molecule has 3 rings (SSSR count). The van der Waals surface area contributed by atoms with Crippen molar-refractivity contribution in [2.24, 2.45) is 11.7 Å². The summed E-state index contributed by atoms with van der Waals surface area (Å²) in [5, 5.41) is 2.56. The first-order chi connectivity index (χ1) is 15.4. The summed E-state index contributed by atoms with van der Waals surface area (Å²) >= 11 is 0. The van der Waals surface area contributed by atoms with E-state index < -0.39 is 11.7 Å². The number of amides is 1. The number of nitrogens with two attached hydrogens (primary N) is 1. The number of benzene rings is 2. The van der Waals surface area contributed by atoms with E-state index in [0.29, 0.717) is 12.2 Å². The molecule has 0 saturated heterocycles. The van der Waals surface area contributed by atoms with E-state index in [2.05, 4.69) is 10.3 Å². The number of carbonyl (C=O) groups excluding carboxylic acids is 2. The van der Waals surface area contributed by atoms with Crippen molar-refractivity contribution in [3.05, 3.63) is 83.4 Å². The van der Waals surface area contributed by atoms with Gasteiger partial charge in [-0.05, 0) is 46.4 Å². The number of anilines is 1. The Morgan fingerprint density at radius 2 is 1.97 bits per heavy atom. The number of hydrogen-bond donors (Lipinski definition) is 2. The summed E-state index contributed by atoms with van der Waals surface area (Å²) in [7, 11) is 0. The second kappa shape index (κ2) is 10.6. The molecule has 0 radical (unpaired) electrons. The molecule has 0 bridgehead atoms. The molecule has 1 amide bonds. The van der Waals surface area contributed by atoms with Gasteiger partial charge < -0.3 is 15.8 Å². The normalized spacial score (nSPS) is 10.8. The van der Waals surface area contributed by atoms with Crippen LogP contribution >= 0.6 is 0 Å². The number of hydrogen-bond acceptors (Lipinski definition) is 5. The number of nitrogens with zero attached hydrogens (tertiary/aromatic N) is 1. The molecule has 0 fully saturated rings. The summed E-state index contributed by atoms with van der Waals surface area (Å²) < 4.78 is 19.1. The van der Waals surface area contributed by atoms with E-state index in [1.807, 2.05) is 38.1 Å². The minimum absolute atomic E-state index is 0.0522. The highest BCUT2D eigenvalue weighted by Crippen LogP contribution is 2.27. The van der Waals surface area contributed by atoms with E-state index in [9.17, 15) is 14.0 Å². The fraction of sp³-hybridized carbons (Fsp3) is 0.240. The SMILES string of the molecule is CC(C)COC(=O)Cc1cccc(-c2cc(C(=O)Nc3ccncc3F)ccc2CN)c1. The summed E-state index contributed by atoms with van der Waals surface area (Å²) in [6, 6.07) is 14.0. The number of rotatable bonds is 8. The van der Waals surface area contributed by atoms with Crippen molar-refractivity contribution < 1.29 is 18.7 Å². The van der Waals surface area contributed by atoms with Crippen LogP contribution in [0.25, 0.3) is 11.1 Å². The van der Waals surface area contributed by atoms with Gasteiger partial charge in [-0.25, -0.2) is 4.39 Å². The Hall–Kier alpha value is -3.58. The fourth-order valence-electron chi connectivity index (χ4n) is 3.16. The molecule has 32 heavy (non-hydrogen) atoms. The van der Waals surface area contributed by atoms with E-state index >= 15 is 0 Å². The molecule has 0 aliphatic rings. The van der Waals surface area contributed by atoms with Crippen LogP contribution in [0.4, 0.5) is 10.1 Å². The minimum atomic E-state index is -0.614. The van der Waals surface area contributed by atoms with E-state index in [1.165, 1.54) is 12.3 Å². The van der Waals surface area contributed by atoms with Gasteiger partial charge in [0.2, 0.25) is 0 Å². The van der Waals surface area contributed by atoms with Crippen molar-refractivity contribution in [3.8, 4) is 11.1 Å². The lowest BCUT2D eigenvalue weighted by molar-refractivity contribution is -0.143. The van der Waals surface area contributed by atoms with Crippen LogP contribution in [0.1, 0.15) is 35.3 Å². The Balaban J connectivity index is 1.85. The molecule has 0 aliphatic carbocycles. The third kappa shape index (κ3) is 5.98. The first-order valence-corrected chi connectivity index (χ1v) is 10.4. The van der Waals surface area contributed by atoms with Crippen LogP contribution in [0.3, 0.4) is 0 Å². The monoisotopic (exact) mass is 435 g/mol. The van der Waals surface area contributed by atoms with Gasteiger partial charge in [-0.15, -0.1) is 0 Å². The van der Waals surface area contributed by atoms with Crippen LogP contribution in [0, 0.1) is 11.7 Å².